The highest BCUT2D eigenvalue weighted by atomic mass is 19.1. The van der Waals surface area contributed by atoms with Crippen LogP contribution in [-0.4, -0.2) is 17.1 Å². The Labute approximate surface area is 128 Å². The first-order chi connectivity index (χ1) is 10.5. The van der Waals surface area contributed by atoms with Gasteiger partial charge in [0.1, 0.15) is 11.6 Å². The Morgan fingerprint density at radius 3 is 2.73 bits per heavy atom. The number of aromatic nitrogens is 1. The average Bonchev–Trinajstić information content (AvgIpc) is 2.88. The van der Waals surface area contributed by atoms with Gasteiger partial charge in [0.25, 0.3) is 0 Å². The lowest BCUT2D eigenvalue weighted by Crippen LogP contribution is -2.39. The highest BCUT2D eigenvalue weighted by Gasteiger charge is 2.17. The quantitative estimate of drug-likeness (QED) is 0.861. The molecule has 2 rings (SSSR count). The van der Waals surface area contributed by atoms with E-state index in [-0.39, 0.29) is 17.8 Å². The number of carbonyl (C=O) groups is 1. The molecule has 1 aromatic carbocycles. The van der Waals surface area contributed by atoms with Crippen LogP contribution in [0.25, 0.3) is 0 Å². The lowest BCUT2D eigenvalue weighted by molar-refractivity contribution is -0.118. The Balaban J connectivity index is 1.93. The lowest BCUT2D eigenvalue weighted by atomic mass is 10.1. The number of carbonyl (C=O) groups excluding carboxylic acids is 1. The Kier molecular flexibility index (Phi) is 5.27. The zero-order valence-electron chi connectivity index (χ0n) is 12.9. The van der Waals surface area contributed by atoms with Gasteiger partial charge in [-0.15, -0.1) is 0 Å². The molecule has 1 atom stereocenters. The van der Waals surface area contributed by atoms with E-state index >= 15 is 0 Å². The van der Waals surface area contributed by atoms with Gasteiger partial charge in [-0.25, -0.2) is 4.39 Å². The van der Waals surface area contributed by atoms with Crippen molar-refractivity contribution in [1.29, 1.82) is 0 Å². The molecule has 0 unspecified atom stereocenters. The molecular weight excluding hydrogens is 285 g/mol. The van der Waals surface area contributed by atoms with Crippen LogP contribution in [0.3, 0.4) is 0 Å². The Bertz CT molecular complexity index is 655. The molecule has 0 aliphatic rings. The number of anilines is 1. The molecule has 1 aromatic heterocycles. The monoisotopic (exact) mass is 305 g/mol. The first-order valence-electron chi connectivity index (χ1n) is 7.22. The summed E-state index contributed by atoms with van der Waals surface area (Å²) in [5.74, 6) is 0.592. The molecule has 0 radical (unpaired) electrons. The number of hydrogen-bond acceptors (Lipinski definition) is 4. The predicted octanol–water partition coefficient (Wildman–Crippen LogP) is 2.94. The number of benzene rings is 1. The second kappa shape index (κ2) is 7.17. The summed E-state index contributed by atoms with van der Waals surface area (Å²) in [7, 11) is 0. The predicted molar refractivity (Wildman–Crippen MR) is 81.9 cm³/mol. The molecule has 2 aromatic rings. The summed E-state index contributed by atoms with van der Waals surface area (Å²) in [5, 5.41) is 9.54. The molecule has 1 heterocycles. The maximum atomic E-state index is 13.5. The highest BCUT2D eigenvalue weighted by molar-refractivity contribution is 5.93. The molecule has 1 amide bonds. The summed E-state index contributed by atoms with van der Waals surface area (Å²) < 4.78 is 18.4. The van der Waals surface area contributed by atoms with Gasteiger partial charge in [0.2, 0.25) is 5.91 Å². The molecule has 0 aliphatic heterocycles. The van der Waals surface area contributed by atoms with E-state index in [2.05, 4.69) is 15.8 Å². The summed E-state index contributed by atoms with van der Waals surface area (Å²) >= 11 is 0. The zero-order chi connectivity index (χ0) is 16.1. The van der Waals surface area contributed by atoms with E-state index in [0.717, 1.165) is 5.56 Å². The van der Waals surface area contributed by atoms with Crippen LogP contribution in [0.4, 0.5) is 10.2 Å². The van der Waals surface area contributed by atoms with E-state index < -0.39 is 0 Å². The van der Waals surface area contributed by atoms with E-state index in [1.54, 1.807) is 26.0 Å². The van der Waals surface area contributed by atoms with Gasteiger partial charge >= 0.3 is 0 Å². The van der Waals surface area contributed by atoms with E-state index in [0.29, 0.717) is 30.1 Å². The van der Waals surface area contributed by atoms with Crippen molar-refractivity contribution in [2.75, 3.05) is 5.32 Å². The molecule has 118 valence electrons. The first kappa shape index (κ1) is 16.2. The molecule has 22 heavy (non-hydrogen) atoms. The van der Waals surface area contributed by atoms with Crippen LogP contribution in [0.5, 0.6) is 0 Å². The third-order valence-corrected chi connectivity index (χ3v) is 3.39. The minimum Gasteiger partial charge on any atom is -0.360 e. The molecule has 6 heteroatoms. The van der Waals surface area contributed by atoms with Crippen LogP contribution in [-0.2, 0) is 11.3 Å². The van der Waals surface area contributed by atoms with Gasteiger partial charge in [-0.05, 0) is 37.5 Å². The normalized spacial score (nSPS) is 12.2. The van der Waals surface area contributed by atoms with Crippen LogP contribution in [0.1, 0.15) is 30.2 Å². The number of halogens is 1. The number of amides is 1. The maximum Gasteiger partial charge on any atom is 0.242 e. The fourth-order valence-electron chi connectivity index (χ4n) is 2.05. The molecular formula is C16H20FN3O2. The van der Waals surface area contributed by atoms with E-state index in [1.165, 1.54) is 6.07 Å². The second-order valence-corrected chi connectivity index (χ2v) is 5.24. The minimum absolute atomic E-state index is 0.191. The van der Waals surface area contributed by atoms with E-state index in [4.69, 9.17) is 4.52 Å². The molecule has 0 spiro atoms. The number of nitrogens with zero attached hydrogens (tertiary/aromatic N) is 1. The van der Waals surface area contributed by atoms with Crippen LogP contribution in [0.2, 0.25) is 0 Å². The van der Waals surface area contributed by atoms with Crippen molar-refractivity contribution >= 4 is 11.7 Å². The third-order valence-electron chi connectivity index (χ3n) is 3.39. The first-order valence-corrected chi connectivity index (χ1v) is 7.22. The number of hydrogen-bond donors (Lipinski definition) is 2. The van der Waals surface area contributed by atoms with Crippen LogP contribution in [0, 0.1) is 19.7 Å². The van der Waals surface area contributed by atoms with Gasteiger partial charge in [0.05, 0.1) is 6.04 Å². The van der Waals surface area contributed by atoms with Crippen molar-refractivity contribution in [2.45, 2.75) is 39.8 Å². The molecule has 2 N–H and O–H groups in total. The molecule has 0 saturated heterocycles. The summed E-state index contributed by atoms with van der Waals surface area (Å²) in [6, 6.07) is 6.32. The van der Waals surface area contributed by atoms with Crippen molar-refractivity contribution < 1.29 is 13.7 Å². The topological polar surface area (TPSA) is 67.2 Å². The summed E-state index contributed by atoms with van der Waals surface area (Å²) in [5.41, 5.74) is 1.40. The van der Waals surface area contributed by atoms with Crippen LogP contribution in [0.15, 0.2) is 28.8 Å². The van der Waals surface area contributed by atoms with Gasteiger partial charge in [0.15, 0.2) is 5.82 Å². The second-order valence-electron chi connectivity index (χ2n) is 5.24. The summed E-state index contributed by atoms with van der Waals surface area (Å²) in [4.78, 5) is 12.2. The maximum absolute atomic E-state index is 13.5. The standard InChI is InChI=1S/C16H20FN3O2/c1-4-14(16(21)19-15-7-11(3)22-20-15)18-9-12-6-5-10(2)13(17)8-12/h5-8,14,18H,4,9H2,1-3H3,(H,19,20,21)/t14-/m0/s1. The SMILES string of the molecule is CC[C@H](NCc1ccc(C)c(F)c1)C(=O)Nc1cc(C)on1. The smallest absolute Gasteiger partial charge is 0.242 e. The van der Waals surface area contributed by atoms with Crippen molar-refractivity contribution in [3.63, 3.8) is 0 Å². The Morgan fingerprint density at radius 1 is 1.36 bits per heavy atom. The van der Waals surface area contributed by atoms with E-state index in [1.807, 2.05) is 13.0 Å². The van der Waals surface area contributed by atoms with Gasteiger partial charge in [0, 0.05) is 12.6 Å². The summed E-state index contributed by atoms with van der Waals surface area (Å²) in [6.07, 6.45) is 0.608. The minimum atomic E-state index is -0.388. The Hall–Kier alpha value is -2.21. The molecule has 0 fully saturated rings. The molecule has 0 saturated carbocycles. The zero-order valence-corrected chi connectivity index (χ0v) is 12.9. The third kappa shape index (κ3) is 4.14. The fraction of sp³-hybridized carbons (Fsp3) is 0.375. The van der Waals surface area contributed by atoms with Crippen LogP contribution < -0.4 is 10.6 Å². The number of aryl methyl sites for hydroxylation is 2. The molecule has 0 aliphatic carbocycles. The van der Waals surface area contributed by atoms with Gasteiger partial charge < -0.3 is 15.2 Å². The Morgan fingerprint density at radius 2 is 2.14 bits per heavy atom. The highest BCUT2D eigenvalue weighted by Crippen LogP contribution is 2.11. The van der Waals surface area contributed by atoms with Gasteiger partial charge in [-0.3, -0.25) is 4.79 Å². The largest absolute Gasteiger partial charge is 0.360 e. The van der Waals surface area contributed by atoms with Crippen molar-refractivity contribution in [1.82, 2.24) is 10.5 Å². The van der Waals surface area contributed by atoms with E-state index in [9.17, 15) is 9.18 Å². The lowest BCUT2D eigenvalue weighted by Gasteiger charge is -2.16. The fourth-order valence-corrected chi connectivity index (χ4v) is 2.05. The van der Waals surface area contributed by atoms with Crippen molar-refractivity contribution in [3.05, 3.63) is 47.0 Å². The van der Waals surface area contributed by atoms with Gasteiger partial charge in [-0.1, -0.05) is 24.2 Å². The molecule has 5 nitrogen and oxygen atoms in total. The van der Waals surface area contributed by atoms with Crippen molar-refractivity contribution in [3.8, 4) is 0 Å². The summed E-state index contributed by atoms with van der Waals surface area (Å²) in [6.45, 7) is 5.79. The molecule has 0 bridgehead atoms. The van der Waals surface area contributed by atoms with Gasteiger partial charge in [-0.2, -0.15) is 0 Å². The van der Waals surface area contributed by atoms with Crippen LogP contribution >= 0.6 is 0 Å². The number of nitrogens with one attached hydrogen (secondary N) is 2. The number of rotatable bonds is 6. The van der Waals surface area contributed by atoms with Crippen molar-refractivity contribution in [2.24, 2.45) is 0 Å². The average molecular weight is 305 g/mol.